The van der Waals surface area contributed by atoms with Crippen molar-refractivity contribution in [2.24, 2.45) is 5.14 Å². The molecule has 0 radical (unpaired) electrons. The topological polar surface area (TPSA) is 72.2 Å². The fourth-order valence-corrected chi connectivity index (χ4v) is 2.16. The smallest absolute Gasteiger partial charge is 0.240 e. The summed E-state index contributed by atoms with van der Waals surface area (Å²) in [7, 11) is -3.89. The molecule has 3 N–H and O–H groups in total. The molecule has 1 aliphatic carbocycles. The number of halogens is 1. The van der Waals surface area contributed by atoms with Gasteiger partial charge in [-0.05, 0) is 31.4 Å². The molecular weight excluding hydrogens is 231 g/mol. The van der Waals surface area contributed by atoms with Crippen molar-refractivity contribution >= 4 is 15.7 Å². The van der Waals surface area contributed by atoms with E-state index >= 15 is 0 Å². The molecule has 6 heteroatoms. The van der Waals surface area contributed by atoms with Gasteiger partial charge in [-0.15, -0.1) is 0 Å². The second-order valence-corrected chi connectivity index (χ2v) is 5.56. The van der Waals surface area contributed by atoms with E-state index in [1.807, 2.05) is 0 Å². The minimum atomic E-state index is -3.89. The van der Waals surface area contributed by atoms with Gasteiger partial charge in [0, 0.05) is 6.04 Å². The van der Waals surface area contributed by atoms with Crippen LogP contribution in [0.15, 0.2) is 17.0 Å². The van der Waals surface area contributed by atoms with Crippen LogP contribution in [0.3, 0.4) is 0 Å². The van der Waals surface area contributed by atoms with Gasteiger partial charge in [0.25, 0.3) is 0 Å². The molecule has 1 aromatic carbocycles. The lowest BCUT2D eigenvalue weighted by Crippen LogP contribution is -2.17. The lowest BCUT2D eigenvalue weighted by molar-refractivity contribution is 0.592. The molecule has 0 aromatic heterocycles. The molecule has 4 nitrogen and oxygen atoms in total. The summed E-state index contributed by atoms with van der Waals surface area (Å²) in [5.74, 6) is -0.543. The Morgan fingerprint density at radius 1 is 1.44 bits per heavy atom. The van der Waals surface area contributed by atoms with E-state index in [1.54, 1.807) is 6.92 Å². The van der Waals surface area contributed by atoms with Gasteiger partial charge in [-0.2, -0.15) is 0 Å². The predicted octanol–water partition coefficient (Wildman–Crippen LogP) is 1.36. The number of rotatable bonds is 3. The van der Waals surface area contributed by atoms with Gasteiger partial charge in [0.05, 0.1) is 5.69 Å². The van der Waals surface area contributed by atoms with Crippen LogP contribution in [0.4, 0.5) is 10.1 Å². The van der Waals surface area contributed by atoms with E-state index in [1.165, 1.54) is 12.1 Å². The Hall–Kier alpha value is -1.14. The molecule has 0 spiro atoms. The number of sulfonamides is 1. The van der Waals surface area contributed by atoms with Gasteiger partial charge in [-0.25, -0.2) is 17.9 Å². The fourth-order valence-electron chi connectivity index (χ4n) is 1.47. The summed E-state index contributed by atoms with van der Waals surface area (Å²) in [6.07, 6.45) is 1.86. The van der Waals surface area contributed by atoms with Crippen LogP contribution >= 0.6 is 0 Å². The Labute approximate surface area is 93.7 Å². The summed E-state index contributed by atoms with van der Waals surface area (Å²) >= 11 is 0. The van der Waals surface area contributed by atoms with E-state index in [0.717, 1.165) is 12.8 Å². The third kappa shape index (κ3) is 2.17. The Balaban J connectivity index is 2.54. The van der Waals surface area contributed by atoms with Crippen molar-refractivity contribution < 1.29 is 12.8 Å². The molecule has 2 rings (SSSR count). The summed E-state index contributed by atoms with van der Waals surface area (Å²) in [6.45, 7) is 1.58. The first-order chi connectivity index (χ1) is 7.39. The molecule has 0 bridgehead atoms. The van der Waals surface area contributed by atoms with Crippen LogP contribution in [-0.4, -0.2) is 14.5 Å². The van der Waals surface area contributed by atoms with Gasteiger partial charge >= 0.3 is 0 Å². The highest BCUT2D eigenvalue weighted by atomic mass is 32.2. The molecular formula is C10H13FN2O2S. The Kier molecular flexibility index (Phi) is 2.63. The van der Waals surface area contributed by atoms with E-state index in [0.29, 0.717) is 5.56 Å². The average molecular weight is 244 g/mol. The number of aryl methyl sites for hydroxylation is 1. The quantitative estimate of drug-likeness (QED) is 0.843. The maximum absolute atomic E-state index is 13.8. The molecule has 0 saturated heterocycles. The number of hydrogen-bond acceptors (Lipinski definition) is 3. The van der Waals surface area contributed by atoms with Crippen molar-refractivity contribution in [3.8, 4) is 0 Å². The van der Waals surface area contributed by atoms with Crippen molar-refractivity contribution in [1.82, 2.24) is 0 Å². The van der Waals surface area contributed by atoms with Crippen LogP contribution < -0.4 is 10.5 Å². The number of benzene rings is 1. The van der Waals surface area contributed by atoms with Gasteiger partial charge in [0.1, 0.15) is 4.90 Å². The normalized spacial score (nSPS) is 16.2. The average Bonchev–Trinajstić information content (AvgIpc) is 2.95. The number of anilines is 1. The summed E-state index contributed by atoms with van der Waals surface area (Å²) in [6, 6.07) is 2.91. The highest BCUT2D eigenvalue weighted by Crippen LogP contribution is 2.31. The summed E-state index contributed by atoms with van der Waals surface area (Å²) in [4.78, 5) is -0.178. The van der Waals surface area contributed by atoms with E-state index in [4.69, 9.17) is 5.14 Å². The first kappa shape index (κ1) is 11.3. The first-order valence-electron chi connectivity index (χ1n) is 4.98. The lowest BCUT2D eigenvalue weighted by Gasteiger charge is -2.12. The van der Waals surface area contributed by atoms with Crippen LogP contribution in [0.5, 0.6) is 0 Å². The zero-order valence-electron chi connectivity index (χ0n) is 8.83. The molecule has 0 heterocycles. The Morgan fingerprint density at radius 3 is 2.56 bits per heavy atom. The number of nitrogens with one attached hydrogen (secondary N) is 1. The van der Waals surface area contributed by atoms with Gasteiger partial charge in [-0.1, -0.05) is 6.07 Å². The van der Waals surface area contributed by atoms with Crippen molar-refractivity contribution in [2.75, 3.05) is 5.32 Å². The molecule has 0 unspecified atom stereocenters. The minimum absolute atomic E-state index is 0.00463. The van der Waals surface area contributed by atoms with Crippen LogP contribution in [0.2, 0.25) is 0 Å². The van der Waals surface area contributed by atoms with Crippen molar-refractivity contribution in [1.29, 1.82) is 0 Å². The summed E-state index contributed by atoms with van der Waals surface area (Å²) in [5, 5.41) is 7.90. The maximum Gasteiger partial charge on any atom is 0.240 e. The predicted molar refractivity (Wildman–Crippen MR) is 59.2 cm³/mol. The highest BCUT2D eigenvalue weighted by Gasteiger charge is 2.26. The van der Waals surface area contributed by atoms with E-state index in [-0.39, 0.29) is 16.6 Å². The zero-order chi connectivity index (χ0) is 11.9. The second-order valence-electron chi connectivity index (χ2n) is 4.03. The van der Waals surface area contributed by atoms with Crippen molar-refractivity contribution in [3.05, 3.63) is 23.5 Å². The lowest BCUT2D eigenvalue weighted by atomic mass is 10.2. The minimum Gasteiger partial charge on any atom is -0.379 e. The molecule has 1 aliphatic rings. The standard InChI is InChI=1S/C10H13FN2O2S/c1-6-2-5-8(16(12,14)15)10(9(6)11)13-7-3-4-7/h2,5,7,13H,3-4H2,1H3,(H2,12,14,15). The van der Waals surface area contributed by atoms with E-state index in [2.05, 4.69) is 5.32 Å². The Morgan fingerprint density at radius 2 is 2.06 bits per heavy atom. The third-order valence-electron chi connectivity index (χ3n) is 2.53. The molecule has 1 aromatic rings. The largest absolute Gasteiger partial charge is 0.379 e. The van der Waals surface area contributed by atoms with Crippen LogP contribution in [0.25, 0.3) is 0 Å². The number of nitrogens with two attached hydrogens (primary N) is 1. The maximum atomic E-state index is 13.8. The van der Waals surface area contributed by atoms with E-state index in [9.17, 15) is 12.8 Å². The SMILES string of the molecule is Cc1ccc(S(N)(=O)=O)c(NC2CC2)c1F. The fraction of sp³-hybridized carbons (Fsp3) is 0.400. The number of hydrogen-bond donors (Lipinski definition) is 2. The molecule has 16 heavy (non-hydrogen) atoms. The highest BCUT2D eigenvalue weighted by molar-refractivity contribution is 7.89. The first-order valence-corrected chi connectivity index (χ1v) is 6.52. The van der Waals surface area contributed by atoms with Gasteiger partial charge in [-0.3, -0.25) is 0 Å². The molecule has 0 amide bonds. The van der Waals surface area contributed by atoms with Crippen LogP contribution in [0.1, 0.15) is 18.4 Å². The number of primary sulfonamides is 1. The monoisotopic (exact) mass is 244 g/mol. The van der Waals surface area contributed by atoms with Gasteiger partial charge in [0.15, 0.2) is 5.82 Å². The van der Waals surface area contributed by atoms with Crippen LogP contribution in [0, 0.1) is 12.7 Å². The molecule has 0 atom stereocenters. The van der Waals surface area contributed by atoms with Crippen molar-refractivity contribution in [2.45, 2.75) is 30.7 Å². The molecule has 1 fully saturated rings. The molecule has 0 aliphatic heterocycles. The van der Waals surface area contributed by atoms with Gasteiger partial charge in [0.2, 0.25) is 10.0 Å². The van der Waals surface area contributed by atoms with E-state index < -0.39 is 15.8 Å². The van der Waals surface area contributed by atoms with Gasteiger partial charge < -0.3 is 5.32 Å². The Bertz CT molecular complexity index is 524. The molecule has 88 valence electrons. The zero-order valence-corrected chi connectivity index (χ0v) is 9.64. The van der Waals surface area contributed by atoms with Crippen LogP contribution in [-0.2, 0) is 10.0 Å². The van der Waals surface area contributed by atoms with Crippen molar-refractivity contribution in [3.63, 3.8) is 0 Å². The summed E-state index contributed by atoms with van der Waals surface area (Å²) < 4.78 is 36.4. The summed E-state index contributed by atoms with van der Waals surface area (Å²) in [5.41, 5.74) is 0.403. The molecule has 1 saturated carbocycles. The second kappa shape index (κ2) is 3.71. The third-order valence-corrected chi connectivity index (χ3v) is 3.48.